The van der Waals surface area contributed by atoms with Crippen LogP contribution in [0.3, 0.4) is 0 Å². The van der Waals surface area contributed by atoms with Crippen LogP contribution in [0.2, 0.25) is 0 Å². The minimum absolute atomic E-state index is 0.00439. The minimum atomic E-state index is -1.36. The molecule has 0 rings (SSSR count). The van der Waals surface area contributed by atoms with Gasteiger partial charge < -0.3 is 9.94 Å². The van der Waals surface area contributed by atoms with Gasteiger partial charge in [-0.2, -0.15) is 0 Å². The van der Waals surface area contributed by atoms with Crippen molar-refractivity contribution in [2.75, 3.05) is 20.2 Å². The summed E-state index contributed by atoms with van der Waals surface area (Å²) in [7, 11) is 1.11. The fraction of sp³-hybridized carbons (Fsp3) is 0.571. The second-order valence-electron chi connectivity index (χ2n) is 2.50. The Kier molecular flexibility index (Phi) is 4.50. The highest BCUT2D eigenvalue weighted by Gasteiger charge is 2.04. The van der Waals surface area contributed by atoms with E-state index in [-0.39, 0.29) is 13.2 Å². The predicted molar refractivity (Wildman–Crippen MR) is 42.0 cm³/mol. The highest BCUT2D eigenvalue weighted by atomic mass is 16.8. The van der Waals surface area contributed by atoms with Crippen LogP contribution in [-0.4, -0.2) is 36.2 Å². The van der Waals surface area contributed by atoms with E-state index in [0.29, 0.717) is 6.42 Å². The van der Waals surface area contributed by atoms with Gasteiger partial charge in [-0.3, -0.25) is 0 Å². The Balaban J connectivity index is 3.34. The van der Waals surface area contributed by atoms with Crippen LogP contribution in [0.25, 0.3) is 0 Å². The Morgan fingerprint density at radius 2 is 2.42 bits per heavy atom. The molecule has 1 unspecified atom stereocenters. The number of esters is 1. The van der Waals surface area contributed by atoms with Crippen LogP contribution in [0.5, 0.6) is 0 Å². The van der Waals surface area contributed by atoms with Gasteiger partial charge in [0, 0.05) is 12.5 Å². The molecule has 12 heavy (non-hydrogen) atoms. The highest BCUT2D eigenvalue weighted by Crippen LogP contribution is 1.95. The summed E-state index contributed by atoms with van der Waals surface area (Å²) >= 11 is 0. The molecule has 0 bridgehead atoms. The van der Waals surface area contributed by atoms with Crippen molar-refractivity contribution in [2.45, 2.75) is 6.42 Å². The molecule has 1 atom stereocenters. The minimum Gasteiger partial charge on any atom is -0.599 e. The van der Waals surface area contributed by atoms with Gasteiger partial charge in [0.1, 0.15) is 6.54 Å². The van der Waals surface area contributed by atoms with Crippen LogP contribution in [0, 0.1) is 5.21 Å². The number of carbonyl (C=O) groups excluding carboxylic acids is 1. The highest BCUT2D eigenvalue weighted by molar-refractivity contribution is 5.81. The molecule has 0 saturated heterocycles. The van der Waals surface area contributed by atoms with E-state index < -0.39 is 10.8 Å². The Morgan fingerprint density at radius 1 is 1.83 bits per heavy atom. The topological polar surface area (TPSA) is 69.6 Å². The predicted octanol–water partition coefficient (Wildman–Crippen LogP) is 0.439. The summed E-state index contributed by atoms with van der Waals surface area (Å²) in [5.41, 5.74) is 0. The molecule has 0 spiro atoms. The Morgan fingerprint density at radius 3 is 2.83 bits per heavy atom. The van der Waals surface area contributed by atoms with Gasteiger partial charge in [0.2, 0.25) is 0 Å². The van der Waals surface area contributed by atoms with Crippen molar-refractivity contribution in [1.82, 2.24) is 0 Å². The zero-order chi connectivity index (χ0) is 9.61. The number of hydrogen-bond acceptors (Lipinski definition) is 4. The molecular weight excluding hydrogens is 162 g/mol. The Bertz CT molecular complexity index is 161. The number of rotatable bonds is 5. The van der Waals surface area contributed by atoms with Crippen LogP contribution in [0.1, 0.15) is 6.42 Å². The van der Waals surface area contributed by atoms with E-state index in [1.54, 1.807) is 0 Å². The molecule has 0 fully saturated rings. The molecule has 0 aliphatic heterocycles. The van der Waals surface area contributed by atoms with Crippen LogP contribution < -0.4 is 0 Å². The Labute approximate surface area is 71.0 Å². The fourth-order valence-electron chi connectivity index (χ4n) is 0.590. The number of quaternary nitrogens is 1. The molecule has 0 saturated carbocycles. The zero-order valence-corrected chi connectivity index (χ0v) is 7.02. The first kappa shape index (κ1) is 11.1. The third-order valence-corrected chi connectivity index (χ3v) is 1.13. The van der Waals surface area contributed by atoms with Crippen LogP contribution in [-0.2, 0) is 9.53 Å². The van der Waals surface area contributed by atoms with Gasteiger partial charge in [0.05, 0.1) is 13.7 Å². The third kappa shape index (κ3) is 7.20. The molecule has 70 valence electrons. The molecule has 0 heterocycles. The number of hydroxylamine groups is 4. The maximum Gasteiger partial charge on any atom is 0.330 e. The van der Waals surface area contributed by atoms with Gasteiger partial charge in [-0.15, -0.1) is 0 Å². The van der Waals surface area contributed by atoms with Gasteiger partial charge in [-0.25, -0.2) is 14.8 Å². The fourth-order valence-corrected chi connectivity index (χ4v) is 0.590. The smallest absolute Gasteiger partial charge is 0.330 e. The van der Waals surface area contributed by atoms with Gasteiger partial charge in [0.15, 0.2) is 0 Å². The average Bonchev–Trinajstić information content (AvgIpc) is 1.96. The van der Waals surface area contributed by atoms with Crippen molar-refractivity contribution in [3.05, 3.63) is 17.9 Å². The van der Waals surface area contributed by atoms with Gasteiger partial charge in [-0.05, 0) is 0 Å². The lowest BCUT2D eigenvalue weighted by molar-refractivity contribution is -1.05. The molecule has 0 aliphatic rings. The summed E-state index contributed by atoms with van der Waals surface area (Å²) < 4.78 is 4.57. The monoisotopic (exact) mass is 175 g/mol. The first-order chi connectivity index (χ1) is 5.45. The van der Waals surface area contributed by atoms with E-state index in [4.69, 9.17) is 5.21 Å². The molecule has 0 radical (unpaired) electrons. The lowest BCUT2D eigenvalue weighted by atomic mass is 10.4. The molecule has 0 aromatic heterocycles. The summed E-state index contributed by atoms with van der Waals surface area (Å²) in [6.07, 6.45) is 1.38. The summed E-state index contributed by atoms with van der Waals surface area (Å²) in [4.78, 5) is 9.09. The molecule has 5 nitrogen and oxygen atoms in total. The second-order valence-corrected chi connectivity index (χ2v) is 2.50. The number of carbonyl (C=O) groups is 1. The summed E-state index contributed by atoms with van der Waals surface area (Å²) in [6.45, 7) is 3.33. The van der Waals surface area contributed by atoms with Gasteiger partial charge in [0.25, 0.3) is 0 Å². The van der Waals surface area contributed by atoms with Crippen molar-refractivity contribution < 1.29 is 19.5 Å². The summed E-state index contributed by atoms with van der Waals surface area (Å²) in [5, 5.41) is 19.2. The van der Waals surface area contributed by atoms with Crippen molar-refractivity contribution in [1.29, 1.82) is 0 Å². The quantitative estimate of drug-likeness (QED) is 0.216. The molecule has 0 aromatic carbocycles. The van der Waals surface area contributed by atoms with Gasteiger partial charge in [-0.1, -0.05) is 6.58 Å². The SMILES string of the molecule is C=CC(=O)OCCC[N+](C)([O-])O. The molecule has 5 heteroatoms. The number of hydrogen-bond donors (Lipinski definition) is 1. The van der Waals surface area contributed by atoms with E-state index in [2.05, 4.69) is 11.3 Å². The lowest BCUT2D eigenvalue weighted by Crippen LogP contribution is -2.34. The van der Waals surface area contributed by atoms with E-state index in [1.807, 2.05) is 0 Å². The van der Waals surface area contributed by atoms with E-state index in [1.165, 1.54) is 0 Å². The van der Waals surface area contributed by atoms with Crippen molar-refractivity contribution in [3.63, 3.8) is 0 Å². The molecule has 0 amide bonds. The lowest BCUT2D eigenvalue weighted by Gasteiger charge is -2.28. The van der Waals surface area contributed by atoms with E-state index in [9.17, 15) is 10.0 Å². The second kappa shape index (κ2) is 4.87. The van der Waals surface area contributed by atoms with Crippen molar-refractivity contribution in [2.24, 2.45) is 0 Å². The normalized spacial score (nSPS) is 14.9. The molecular formula is C7H13NO4. The number of nitrogens with zero attached hydrogens (tertiary/aromatic N) is 1. The standard InChI is InChI=1S/C7H13NO4/c1-3-7(9)12-6-4-5-8(2,10)11/h3,10H,1,4-6H2,2H3. The zero-order valence-electron chi connectivity index (χ0n) is 7.02. The number of ether oxygens (including phenoxy) is 1. The van der Waals surface area contributed by atoms with Crippen molar-refractivity contribution in [3.8, 4) is 0 Å². The van der Waals surface area contributed by atoms with Gasteiger partial charge >= 0.3 is 5.97 Å². The Hall–Kier alpha value is -0.910. The maximum atomic E-state index is 10.6. The maximum absolute atomic E-state index is 10.6. The summed E-state index contributed by atoms with van der Waals surface area (Å²) in [6, 6.07) is 0. The van der Waals surface area contributed by atoms with Crippen LogP contribution in [0.4, 0.5) is 0 Å². The molecule has 1 N–H and O–H groups in total. The van der Waals surface area contributed by atoms with E-state index >= 15 is 0 Å². The third-order valence-electron chi connectivity index (χ3n) is 1.13. The average molecular weight is 175 g/mol. The first-order valence-corrected chi connectivity index (χ1v) is 3.54. The molecule has 0 aliphatic carbocycles. The first-order valence-electron chi connectivity index (χ1n) is 3.54. The largest absolute Gasteiger partial charge is 0.599 e. The van der Waals surface area contributed by atoms with Crippen LogP contribution >= 0.6 is 0 Å². The summed E-state index contributed by atoms with van der Waals surface area (Å²) in [5.74, 6) is -0.520. The van der Waals surface area contributed by atoms with Crippen molar-refractivity contribution >= 4 is 5.97 Å². The van der Waals surface area contributed by atoms with Crippen LogP contribution in [0.15, 0.2) is 12.7 Å². The van der Waals surface area contributed by atoms with E-state index in [0.717, 1.165) is 13.1 Å². The molecule has 0 aromatic rings.